The highest BCUT2D eigenvalue weighted by atomic mass is 19.1. The highest BCUT2D eigenvalue weighted by Gasteiger charge is 2.08. The van der Waals surface area contributed by atoms with Crippen LogP contribution in [0.1, 0.15) is 0 Å². The van der Waals surface area contributed by atoms with Gasteiger partial charge in [0, 0.05) is 4.98 Å². The van der Waals surface area contributed by atoms with Gasteiger partial charge in [-0.1, -0.05) is 0 Å². The number of aromatic nitrogens is 2. The molecule has 0 unspecified atom stereocenters. The topological polar surface area (TPSA) is 16.8 Å². The van der Waals surface area contributed by atoms with Crippen LogP contribution in [-0.2, 0) is 7.05 Å². The van der Waals surface area contributed by atoms with E-state index in [-0.39, 0.29) is 0 Å². The average molecular weight is 131 g/mol. The summed E-state index contributed by atoms with van der Waals surface area (Å²) in [7, 11) is 1.45. The summed E-state index contributed by atoms with van der Waals surface area (Å²) < 4.78 is 25.3. The summed E-state index contributed by atoms with van der Waals surface area (Å²) in [6, 6.07) is 1.09. The van der Waals surface area contributed by atoms with Crippen LogP contribution >= 0.6 is 0 Å². The first-order valence-corrected chi connectivity index (χ1v) is 2.38. The van der Waals surface area contributed by atoms with Gasteiger partial charge in [-0.25, -0.2) is 4.57 Å². The van der Waals surface area contributed by atoms with Gasteiger partial charge in [-0.15, -0.1) is 4.39 Å². The van der Waals surface area contributed by atoms with Crippen molar-refractivity contribution in [3.05, 3.63) is 24.3 Å². The fourth-order valence-corrected chi connectivity index (χ4v) is 0.439. The van der Waals surface area contributed by atoms with E-state index in [1.807, 2.05) is 0 Å². The number of hydrogen-bond acceptors (Lipinski definition) is 1. The Morgan fingerprint density at radius 3 is 2.67 bits per heavy atom. The van der Waals surface area contributed by atoms with E-state index >= 15 is 0 Å². The molecular formula is C5H5F2N2+. The van der Waals surface area contributed by atoms with Crippen molar-refractivity contribution in [2.24, 2.45) is 7.05 Å². The first-order chi connectivity index (χ1) is 4.20. The third-order valence-corrected chi connectivity index (χ3v) is 0.926. The van der Waals surface area contributed by atoms with Crippen molar-refractivity contribution in [2.45, 2.75) is 0 Å². The molecule has 0 aliphatic carbocycles. The Morgan fingerprint density at radius 2 is 2.22 bits per heavy atom. The third kappa shape index (κ3) is 1.19. The maximum Gasteiger partial charge on any atom is 0.490 e. The second-order valence-electron chi connectivity index (χ2n) is 1.63. The lowest BCUT2D eigenvalue weighted by atomic mass is 10.6. The minimum atomic E-state index is -0.824. The van der Waals surface area contributed by atoms with Gasteiger partial charge in [0.1, 0.15) is 0 Å². The van der Waals surface area contributed by atoms with E-state index < -0.39 is 12.0 Å². The molecule has 0 fully saturated rings. The van der Waals surface area contributed by atoms with Crippen molar-refractivity contribution in [2.75, 3.05) is 0 Å². The van der Waals surface area contributed by atoms with Crippen molar-refractivity contribution >= 4 is 0 Å². The predicted octanol–water partition coefficient (Wildman–Crippen LogP) is 0.184. The van der Waals surface area contributed by atoms with E-state index in [9.17, 15) is 8.78 Å². The van der Waals surface area contributed by atoms with E-state index in [1.54, 1.807) is 0 Å². The Morgan fingerprint density at radius 1 is 1.56 bits per heavy atom. The lowest BCUT2D eigenvalue weighted by Crippen LogP contribution is -2.33. The molecule has 2 nitrogen and oxygen atoms in total. The Labute approximate surface area is 50.8 Å². The summed E-state index contributed by atoms with van der Waals surface area (Å²) in [5.41, 5.74) is 0. The summed E-state index contributed by atoms with van der Waals surface area (Å²) in [4.78, 5) is 2.90. The lowest BCUT2D eigenvalue weighted by molar-refractivity contribution is -0.704. The number of halogens is 2. The molecule has 0 bridgehead atoms. The molecule has 0 N–H and O–H groups in total. The van der Waals surface area contributed by atoms with Gasteiger partial charge in [0.2, 0.25) is 0 Å². The minimum absolute atomic E-state index is 0.800. The van der Waals surface area contributed by atoms with Crippen molar-refractivity contribution in [1.29, 1.82) is 0 Å². The minimum Gasteiger partial charge on any atom is -0.207 e. The summed E-state index contributed by atoms with van der Waals surface area (Å²) in [6.45, 7) is 0. The second kappa shape index (κ2) is 2.05. The quantitative estimate of drug-likeness (QED) is 0.279. The van der Waals surface area contributed by atoms with Crippen LogP contribution in [0.15, 0.2) is 12.3 Å². The maximum absolute atomic E-state index is 12.2. The monoisotopic (exact) mass is 131 g/mol. The Bertz CT molecular complexity index is 224. The van der Waals surface area contributed by atoms with Crippen molar-refractivity contribution in [1.82, 2.24) is 4.98 Å². The first-order valence-electron chi connectivity index (χ1n) is 2.38. The highest BCUT2D eigenvalue weighted by Crippen LogP contribution is 1.86. The molecule has 9 heavy (non-hydrogen) atoms. The second-order valence-corrected chi connectivity index (χ2v) is 1.63. The zero-order valence-electron chi connectivity index (χ0n) is 4.81. The first kappa shape index (κ1) is 6.07. The van der Waals surface area contributed by atoms with Gasteiger partial charge in [-0.3, -0.25) is 0 Å². The molecule has 0 saturated heterocycles. The van der Waals surface area contributed by atoms with Gasteiger partial charge in [0.05, 0.1) is 19.3 Å². The summed E-state index contributed by atoms with van der Waals surface area (Å²) in [6.07, 6.45) is 0.438. The predicted molar refractivity (Wildman–Crippen MR) is 25.3 cm³/mol. The van der Waals surface area contributed by atoms with Gasteiger partial charge >= 0.3 is 12.0 Å². The van der Waals surface area contributed by atoms with Crippen molar-refractivity contribution in [3.63, 3.8) is 0 Å². The van der Waals surface area contributed by atoms with Gasteiger partial charge < -0.3 is 0 Å². The summed E-state index contributed by atoms with van der Waals surface area (Å²) in [5, 5.41) is 0. The zero-order chi connectivity index (χ0) is 6.85. The molecule has 1 heterocycles. The Hall–Kier alpha value is -1.06. The van der Waals surface area contributed by atoms with Crippen LogP contribution in [-0.4, -0.2) is 4.98 Å². The fraction of sp³-hybridized carbons (Fsp3) is 0.200. The van der Waals surface area contributed by atoms with Crippen molar-refractivity contribution < 1.29 is 13.3 Å². The van der Waals surface area contributed by atoms with Gasteiger partial charge in [0.25, 0.3) is 0 Å². The van der Waals surface area contributed by atoms with Crippen LogP contribution < -0.4 is 4.57 Å². The normalized spacial score (nSPS) is 9.67. The molecule has 1 aromatic rings. The third-order valence-electron chi connectivity index (χ3n) is 0.926. The van der Waals surface area contributed by atoms with E-state index in [0.717, 1.165) is 10.6 Å². The van der Waals surface area contributed by atoms with Crippen LogP contribution in [0.5, 0.6) is 0 Å². The van der Waals surface area contributed by atoms with Gasteiger partial charge in [0.15, 0.2) is 0 Å². The maximum atomic E-state index is 12.2. The fourth-order valence-electron chi connectivity index (χ4n) is 0.439. The molecule has 48 valence electrons. The molecule has 0 aliphatic rings. The SMILES string of the molecule is C[n+]1ccc(F)nc1F. The molecule has 0 radical (unpaired) electrons. The van der Waals surface area contributed by atoms with E-state index in [0.29, 0.717) is 0 Å². The van der Waals surface area contributed by atoms with Crippen LogP contribution in [0.3, 0.4) is 0 Å². The molecule has 1 aromatic heterocycles. The lowest BCUT2D eigenvalue weighted by Gasteiger charge is -1.84. The van der Waals surface area contributed by atoms with Crippen LogP contribution in [0.25, 0.3) is 0 Å². The van der Waals surface area contributed by atoms with Crippen LogP contribution in [0, 0.1) is 12.0 Å². The van der Waals surface area contributed by atoms with Crippen molar-refractivity contribution in [3.8, 4) is 0 Å². The molecule has 0 saturated carbocycles. The van der Waals surface area contributed by atoms with E-state index in [4.69, 9.17) is 0 Å². The smallest absolute Gasteiger partial charge is 0.207 e. The van der Waals surface area contributed by atoms with Crippen LogP contribution in [0.4, 0.5) is 8.78 Å². The number of rotatable bonds is 0. The van der Waals surface area contributed by atoms with E-state index in [1.165, 1.54) is 13.2 Å². The molecule has 1 rings (SSSR count). The molecule has 0 atom stereocenters. The molecule has 0 amide bonds. The number of hydrogen-bond donors (Lipinski definition) is 0. The summed E-state index contributed by atoms with van der Waals surface area (Å²) in [5.74, 6) is -0.800. The molecule has 0 aromatic carbocycles. The molecule has 4 heteroatoms. The zero-order valence-corrected chi connectivity index (χ0v) is 4.81. The number of nitrogens with zero attached hydrogens (tertiary/aromatic N) is 2. The van der Waals surface area contributed by atoms with E-state index in [2.05, 4.69) is 4.98 Å². The van der Waals surface area contributed by atoms with Gasteiger partial charge in [-0.05, 0) is 0 Å². The molecular weight excluding hydrogens is 126 g/mol. The highest BCUT2D eigenvalue weighted by molar-refractivity contribution is 4.75. The van der Waals surface area contributed by atoms with Gasteiger partial charge in [-0.2, -0.15) is 4.39 Å². The Kier molecular flexibility index (Phi) is 1.38. The summed E-state index contributed by atoms with van der Waals surface area (Å²) >= 11 is 0. The Balaban J connectivity index is 3.17. The average Bonchev–Trinajstić information content (AvgIpc) is 1.80. The molecule has 0 aliphatic heterocycles. The standard InChI is InChI=1S/C5H5F2N2/c1-9-3-2-4(6)8-5(9)7/h2-3H,1H3/q+1. The number of aryl methyl sites for hydroxylation is 1. The van der Waals surface area contributed by atoms with Crippen LogP contribution in [0.2, 0.25) is 0 Å². The largest absolute Gasteiger partial charge is 0.490 e. The molecule has 0 spiro atoms.